The van der Waals surface area contributed by atoms with E-state index in [4.69, 9.17) is 9.90 Å². The number of carbonyl (C=O) groups excluding carboxylic acids is 1. The normalized spacial score (nSPS) is 9.27. The van der Waals surface area contributed by atoms with Crippen LogP contribution in [0.25, 0.3) is 0 Å². The summed E-state index contributed by atoms with van der Waals surface area (Å²) in [5.74, 6) is -1.22. The summed E-state index contributed by atoms with van der Waals surface area (Å²) in [5.41, 5.74) is 4.51. The maximum Gasteiger partial charge on any atom is 0.243 e. The van der Waals surface area contributed by atoms with E-state index in [0.717, 1.165) is 6.54 Å². The van der Waals surface area contributed by atoms with Gasteiger partial charge in [-0.15, -0.1) is 0 Å². The first-order chi connectivity index (χ1) is 7.10. The molecule has 0 aromatic carbocycles. The van der Waals surface area contributed by atoms with Gasteiger partial charge in [0.2, 0.25) is 6.33 Å². The van der Waals surface area contributed by atoms with Gasteiger partial charge in [-0.2, -0.15) is 0 Å². The summed E-state index contributed by atoms with van der Waals surface area (Å²) in [6, 6.07) is 0. The van der Waals surface area contributed by atoms with E-state index in [1.807, 2.05) is 7.05 Å². The molecular formula is C10H19N3O2. The van der Waals surface area contributed by atoms with Crippen LogP contribution in [0, 0.1) is 0 Å². The first-order valence-electron chi connectivity index (χ1n) is 5.01. The standard InChI is InChI=1S/C8H15N2.C2H5NO2/c1-3-4-5-10-7-6-9(2)8-10;3-1-2(4)5/h6-8H,3-5H2,1-2H3;1,3H2,(H,4,5)/q+1;/p-1. The lowest BCUT2D eigenvalue weighted by Gasteiger charge is -1.90. The fraction of sp³-hybridized carbons (Fsp3) is 0.600. The van der Waals surface area contributed by atoms with E-state index in [0.29, 0.717) is 0 Å². The SMILES string of the molecule is CCCCn1cc[n+](C)c1.NCC(=O)[O-]. The molecule has 0 aliphatic carbocycles. The molecule has 86 valence electrons. The largest absolute Gasteiger partial charge is 0.549 e. The van der Waals surface area contributed by atoms with Crippen molar-refractivity contribution in [2.24, 2.45) is 12.8 Å². The van der Waals surface area contributed by atoms with Crippen LogP contribution in [0.3, 0.4) is 0 Å². The highest BCUT2D eigenvalue weighted by atomic mass is 16.4. The van der Waals surface area contributed by atoms with Crippen molar-refractivity contribution in [3.8, 4) is 0 Å². The lowest BCUT2D eigenvalue weighted by Crippen LogP contribution is -2.30. The highest BCUT2D eigenvalue weighted by molar-refractivity contribution is 5.66. The second-order valence-corrected chi connectivity index (χ2v) is 3.25. The van der Waals surface area contributed by atoms with Crippen molar-refractivity contribution in [3.05, 3.63) is 18.7 Å². The Morgan fingerprint density at radius 2 is 2.20 bits per heavy atom. The second kappa shape index (κ2) is 7.99. The summed E-state index contributed by atoms with van der Waals surface area (Å²) in [6.45, 7) is 2.97. The number of hydrogen-bond acceptors (Lipinski definition) is 3. The zero-order valence-electron chi connectivity index (χ0n) is 9.35. The van der Waals surface area contributed by atoms with E-state index in [1.54, 1.807) is 0 Å². The zero-order valence-corrected chi connectivity index (χ0v) is 9.35. The van der Waals surface area contributed by atoms with Crippen LogP contribution in [0.15, 0.2) is 18.7 Å². The first kappa shape index (κ1) is 13.6. The van der Waals surface area contributed by atoms with Gasteiger partial charge in [0, 0.05) is 6.54 Å². The molecule has 1 heterocycles. The van der Waals surface area contributed by atoms with E-state index in [1.165, 1.54) is 12.8 Å². The number of nitrogens with zero attached hydrogens (tertiary/aromatic N) is 2. The molecule has 0 aliphatic heterocycles. The predicted molar refractivity (Wildman–Crippen MR) is 54.6 cm³/mol. The average molecular weight is 213 g/mol. The third-order valence-corrected chi connectivity index (χ3v) is 1.76. The second-order valence-electron chi connectivity index (χ2n) is 3.25. The fourth-order valence-corrected chi connectivity index (χ4v) is 0.975. The molecule has 1 rings (SSSR count). The maximum absolute atomic E-state index is 9.13. The Morgan fingerprint density at radius 1 is 1.60 bits per heavy atom. The zero-order chi connectivity index (χ0) is 11.7. The van der Waals surface area contributed by atoms with Gasteiger partial charge in [0.25, 0.3) is 0 Å². The molecule has 15 heavy (non-hydrogen) atoms. The number of aromatic nitrogens is 2. The summed E-state index contributed by atoms with van der Waals surface area (Å²) < 4.78 is 4.28. The Bertz CT molecular complexity index is 284. The average Bonchev–Trinajstić information content (AvgIpc) is 2.62. The number of imidazole rings is 1. The smallest absolute Gasteiger partial charge is 0.243 e. The topological polar surface area (TPSA) is 75.0 Å². The van der Waals surface area contributed by atoms with Gasteiger partial charge in [0.15, 0.2) is 0 Å². The Balaban J connectivity index is 0.000000336. The molecule has 0 amide bonds. The molecule has 0 saturated carbocycles. The molecule has 0 bridgehead atoms. The van der Waals surface area contributed by atoms with Gasteiger partial charge in [0.1, 0.15) is 12.4 Å². The van der Waals surface area contributed by atoms with E-state index >= 15 is 0 Å². The van der Waals surface area contributed by atoms with Crippen LogP contribution in [0.1, 0.15) is 19.8 Å². The molecular weight excluding hydrogens is 194 g/mol. The molecule has 5 nitrogen and oxygen atoms in total. The third-order valence-electron chi connectivity index (χ3n) is 1.76. The Hall–Kier alpha value is -1.36. The van der Waals surface area contributed by atoms with Crippen LogP contribution < -0.4 is 15.4 Å². The van der Waals surface area contributed by atoms with Crippen LogP contribution in [0.4, 0.5) is 0 Å². The molecule has 0 atom stereocenters. The lowest BCUT2D eigenvalue weighted by atomic mass is 10.3. The molecule has 0 unspecified atom stereocenters. The van der Waals surface area contributed by atoms with Gasteiger partial charge in [-0.05, 0) is 6.42 Å². The Labute approximate surface area is 90.1 Å². The first-order valence-corrected chi connectivity index (χ1v) is 5.01. The number of carbonyl (C=O) groups is 1. The highest BCUT2D eigenvalue weighted by Gasteiger charge is 1.96. The van der Waals surface area contributed by atoms with Gasteiger partial charge in [-0.3, -0.25) is 0 Å². The minimum absolute atomic E-state index is 0.389. The van der Waals surface area contributed by atoms with Crippen molar-refractivity contribution in [2.45, 2.75) is 26.3 Å². The summed E-state index contributed by atoms with van der Waals surface area (Å²) in [6.07, 6.45) is 8.82. The summed E-state index contributed by atoms with van der Waals surface area (Å²) in [4.78, 5) is 9.13. The van der Waals surface area contributed by atoms with Crippen molar-refractivity contribution in [1.29, 1.82) is 0 Å². The van der Waals surface area contributed by atoms with E-state index < -0.39 is 5.97 Å². The van der Waals surface area contributed by atoms with Crippen molar-refractivity contribution < 1.29 is 14.5 Å². The minimum Gasteiger partial charge on any atom is -0.549 e. The van der Waals surface area contributed by atoms with Crippen LogP contribution in [-0.2, 0) is 18.4 Å². The lowest BCUT2D eigenvalue weighted by molar-refractivity contribution is -0.671. The molecule has 2 N–H and O–H groups in total. The number of nitrogens with two attached hydrogens (primary N) is 1. The number of rotatable bonds is 4. The van der Waals surface area contributed by atoms with E-state index in [2.05, 4.69) is 40.5 Å². The van der Waals surface area contributed by atoms with Crippen LogP contribution in [0.2, 0.25) is 0 Å². The summed E-state index contributed by atoms with van der Waals surface area (Å²) in [5, 5.41) is 9.13. The van der Waals surface area contributed by atoms with Crippen molar-refractivity contribution >= 4 is 5.97 Å². The van der Waals surface area contributed by atoms with Gasteiger partial charge < -0.3 is 15.6 Å². The molecule has 1 aromatic rings. The van der Waals surface area contributed by atoms with Gasteiger partial charge >= 0.3 is 0 Å². The number of aliphatic carboxylic acids is 1. The van der Waals surface area contributed by atoms with Crippen molar-refractivity contribution in [1.82, 2.24) is 4.57 Å². The Kier molecular flexibility index (Phi) is 7.27. The number of carboxylic acid groups (broad SMARTS) is 1. The predicted octanol–water partition coefficient (Wildman–Crippen LogP) is -1.19. The van der Waals surface area contributed by atoms with Crippen molar-refractivity contribution in [3.63, 3.8) is 0 Å². The number of unbranched alkanes of at least 4 members (excludes halogenated alkanes) is 1. The van der Waals surface area contributed by atoms with Crippen LogP contribution in [0.5, 0.6) is 0 Å². The molecule has 1 aromatic heterocycles. The van der Waals surface area contributed by atoms with Crippen LogP contribution in [-0.4, -0.2) is 17.1 Å². The van der Waals surface area contributed by atoms with E-state index in [-0.39, 0.29) is 6.54 Å². The molecule has 0 radical (unpaired) electrons. The third kappa shape index (κ3) is 7.69. The fourth-order valence-electron chi connectivity index (χ4n) is 0.975. The van der Waals surface area contributed by atoms with Crippen molar-refractivity contribution in [2.75, 3.05) is 6.54 Å². The molecule has 0 saturated heterocycles. The van der Waals surface area contributed by atoms with E-state index in [9.17, 15) is 0 Å². The Morgan fingerprint density at radius 3 is 2.53 bits per heavy atom. The number of hydrogen-bond donors (Lipinski definition) is 1. The monoisotopic (exact) mass is 213 g/mol. The summed E-state index contributed by atoms with van der Waals surface area (Å²) >= 11 is 0. The van der Waals surface area contributed by atoms with Gasteiger partial charge in [-0.25, -0.2) is 9.13 Å². The summed E-state index contributed by atoms with van der Waals surface area (Å²) in [7, 11) is 2.04. The number of aryl methyl sites for hydroxylation is 2. The van der Waals surface area contributed by atoms with Crippen LogP contribution >= 0.6 is 0 Å². The maximum atomic E-state index is 9.13. The number of carboxylic acids is 1. The molecule has 0 spiro atoms. The minimum atomic E-state index is -1.22. The highest BCUT2D eigenvalue weighted by Crippen LogP contribution is 1.91. The van der Waals surface area contributed by atoms with Gasteiger partial charge in [0.05, 0.1) is 19.6 Å². The van der Waals surface area contributed by atoms with Gasteiger partial charge in [-0.1, -0.05) is 13.3 Å². The molecule has 0 aliphatic rings. The molecule has 0 fully saturated rings. The molecule has 5 heteroatoms. The quantitative estimate of drug-likeness (QED) is 0.639.